The molecule has 1 unspecified atom stereocenters. The van der Waals surface area contributed by atoms with Gasteiger partial charge in [-0.05, 0) is 31.9 Å². The Morgan fingerprint density at radius 3 is 2.54 bits per heavy atom. The molecule has 2 aliphatic rings. The van der Waals surface area contributed by atoms with E-state index in [2.05, 4.69) is 20.6 Å². The van der Waals surface area contributed by atoms with E-state index in [1.54, 1.807) is 0 Å². The van der Waals surface area contributed by atoms with Crippen molar-refractivity contribution in [3.8, 4) is 0 Å². The number of para-hydroxylation sites is 1. The molecule has 1 aromatic heterocycles. The molecule has 35 heavy (non-hydrogen) atoms. The number of piperidine rings is 2. The van der Waals surface area contributed by atoms with Crippen molar-refractivity contribution in [2.45, 2.75) is 76.0 Å². The van der Waals surface area contributed by atoms with Crippen LogP contribution < -0.4 is 10.6 Å². The molecule has 192 valence electrons. The smallest absolute Gasteiger partial charge is 0.250 e. The van der Waals surface area contributed by atoms with E-state index >= 15 is 0 Å². The Morgan fingerprint density at radius 2 is 1.80 bits per heavy atom. The lowest BCUT2D eigenvalue weighted by molar-refractivity contribution is -0.134. The molecule has 0 radical (unpaired) electrons. The number of nitrogens with one attached hydrogen (secondary N) is 2. The molecule has 1 aromatic carbocycles. The molecule has 9 heteroatoms. The van der Waals surface area contributed by atoms with Crippen LogP contribution in [0.3, 0.4) is 0 Å². The number of halogens is 2. The average Bonchev–Trinajstić information content (AvgIpc) is 3.16. The molecular formula is C26H37F2N5O2. The van der Waals surface area contributed by atoms with Gasteiger partial charge in [0.25, 0.3) is 5.92 Å². The van der Waals surface area contributed by atoms with Crippen molar-refractivity contribution < 1.29 is 18.4 Å². The Morgan fingerprint density at radius 1 is 1.09 bits per heavy atom. The molecule has 1 atom stereocenters. The van der Waals surface area contributed by atoms with Crippen molar-refractivity contribution in [1.29, 1.82) is 0 Å². The second-order valence-electron chi connectivity index (χ2n) is 9.96. The maximum Gasteiger partial charge on any atom is 0.250 e. The normalized spacial score (nSPS) is 20.8. The van der Waals surface area contributed by atoms with E-state index in [0.29, 0.717) is 25.9 Å². The number of amides is 2. The van der Waals surface area contributed by atoms with Gasteiger partial charge >= 0.3 is 0 Å². The molecule has 3 heterocycles. The third-order valence-corrected chi connectivity index (χ3v) is 7.27. The molecule has 0 saturated carbocycles. The fraction of sp³-hybridized carbons (Fsp3) is 0.654. The summed E-state index contributed by atoms with van der Waals surface area (Å²) >= 11 is 0. The van der Waals surface area contributed by atoms with Crippen molar-refractivity contribution in [3.05, 3.63) is 23.9 Å². The van der Waals surface area contributed by atoms with Gasteiger partial charge in [-0.25, -0.2) is 8.78 Å². The Hall–Kier alpha value is -2.55. The van der Waals surface area contributed by atoms with Gasteiger partial charge in [0.05, 0.1) is 22.8 Å². The third-order valence-electron chi connectivity index (χ3n) is 7.27. The van der Waals surface area contributed by atoms with Crippen LogP contribution in [0.1, 0.15) is 75.8 Å². The van der Waals surface area contributed by atoms with Gasteiger partial charge in [-0.1, -0.05) is 37.8 Å². The lowest BCUT2D eigenvalue weighted by atomic mass is 9.92. The van der Waals surface area contributed by atoms with Crippen molar-refractivity contribution in [2.75, 3.05) is 31.5 Å². The monoisotopic (exact) mass is 489 g/mol. The highest BCUT2D eigenvalue weighted by Gasteiger charge is 2.34. The zero-order valence-corrected chi connectivity index (χ0v) is 20.6. The molecule has 2 fully saturated rings. The Bertz CT molecular complexity index is 1030. The van der Waals surface area contributed by atoms with E-state index in [-0.39, 0.29) is 24.7 Å². The number of hydrogen-bond donors (Lipinski definition) is 2. The first kappa shape index (κ1) is 25.5. The van der Waals surface area contributed by atoms with E-state index in [0.717, 1.165) is 61.1 Å². The number of alkyl halides is 2. The number of nitrogens with zero attached hydrogens (tertiary/aromatic N) is 3. The number of hydrogen-bond acceptors (Lipinski definition) is 5. The van der Waals surface area contributed by atoms with E-state index in [1.807, 2.05) is 29.9 Å². The van der Waals surface area contributed by atoms with Gasteiger partial charge in [0.1, 0.15) is 0 Å². The highest BCUT2D eigenvalue weighted by Crippen LogP contribution is 2.33. The summed E-state index contributed by atoms with van der Waals surface area (Å²) in [6.07, 6.45) is 7.63. The number of carbonyl (C=O) groups is 2. The van der Waals surface area contributed by atoms with E-state index in [1.165, 1.54) is 12.8 Å². The standard InChI is InChI=1S/C26H37F2N5O2/c1-32-24-19(23(31-32)20-11-12-22(34)30-25(20)35)9-8-10-21(24)29-15-6-4-2-3-5-7-16-33-17-13-26(27,28)14-18-33/h8-10,20,29H,2-7,11-18H2,1H3,(H,30,34,35). The minimum Gasteiger partial charge on any atom is -0.383 e. The summed E-state index contributed by atoms with van der Waals surface area (Å²) in [6.45, 7) is 2.85. The lowest BCUT2D eigenvalue weighted by Crippen LogP contribution is -2.39. The van der Waals surface area contributed by atoms with Crippen molar-refractivity contribution in [3.63, 3.8) is 0 Å². The molecular weight excluding hydrogens is 452 g/mol. The third kappa shape index (κ3) is 6.57. The van der Waals surface area contributed by atoms with Gasteiger partial charge in [-0.2, -0.15) is 5.10 Å². The summed E-state index contributed by atoms with van der Waals surface area (Å²) in [5.41, 5.74) is 2.71. The summed E-state index contributed by atoms with van der Waals surface area (Å²) in [7, 11) is 1.89. The Balaban J connectivity index is 1.17. The molecule has 7 nitrogen and oxygen atoms in total. The maximum atomic E-state index is 13.2. The van der Waals surface area contributed by atoms with Gasteiger partial charge in [-0.15, -0.1) is 0 Å². The molecule has 4 rings (SSSR count). The quantitative estimate of drug-likeness (QED) is 0.357. The van der Waals surface area contributed by atoms with Crippen molar-refractivity contribution in [2.24, 2.45) is 7.05 Å². The summed E-state index contributed by atoms with van der Waals surface area (Å²) in [5, 5.41) is 11.6. The number of rotatable bonds is 11. The summed E-state index contributed by atoms with van der Waals surface area (Å²) in [5.74, 6) is -3.34. The fourth-order valence-corrected chi connectivity index (χ4v) is 5.21. The molecule has 2 saturated heterocycles. The first-order valence-corrected chi connectivity index (χ1v) is 13.0. The Labute approximate surface area is 205 Å². The summed E-state index contributed by atoms with van der Waals surface area (Å²) in [4.78, 5) is 26.0. The number of aromatic nitrogens is 2. The Kier molecular flexibility index (Phi) is 8.36. The van der Waals surface area contributed by atoms with Crippen LogP contribution in [0, 0.1) is 0 Å². The van der Waals surface area contributed by atoms with Gasteiger partial charge in [0.2, 0.25) is 11.8 Å². The van der Waals surface area contributed by atoms with Gasteiger partial charge in [-0.3, -0.25) is 19.6 Å². The van der Waals surface area contributed by atoms with Gasteiger partial charge in [0.15, 0.2) is 0 Å². The van der Waals surface area contributed by atoms with Gasteiger partial charge < -0.3 is 10.2 Å². The van der Waals surface area contributed by atoms with Crippen LogP contribution in [-0.4, -0.2) is 58.6 Å². The number of imide groups is 1. The molecule has 0 bridgehead atoms. The second kappa shape index (κ2) is 11.5. The predicted octanol–water partition coefficient (Wildman–Crippen LogP) is 4.58. The van der Waals surface area contributed by atoms with Crippen LogP contribution in [0.2, 0.25) is 0 Å². The number of anilines is 1. The van der Waals surface area contributed by atoms with Crippen molar-refractivity contribution >= 4 is 28.4 Å². The van der Waals surface area contributed by atoms with Crippen LogP contribution in [0.5, 0.6) is 0 Å². The van der Waals surface area contributed by atoms with Crippen LogP contribution >= 0.6 is 0 Å². The molecule has 2 aliphatic heterocycles. The van der Waals surface area contributed by atoms with E-state index in [4.69, 9.17) is 0 Å². The number of benzene rings is 1. The first-order valence-electron chi connectivity index (χ1n) is 13.0. The zero-order valence-electron chi connectivity index (χ0n) is 20.6. The summed E-state index contributed by atoms with van der Waals surface area (Å²) < 4.78 is 28.3. The van der Waals surface area contributed by atoms with Crippen LogP contribution in [0.15, 0.2) is 18.2 Å². The summed E-state index contributed by atoms with van der Waals surface area (Å²) in [6, 6.07) is 6.00. The SMILES string of the molecule is Cn1nc(C2CCC(=O)NC2=O)c2cccc(NCCCCCCCCN3CCC(F)(F)CC3)c21. The molecule has 2 N–H and O–H groups in total. The minimum absolute atomic E-state index is 0.00473. The number of aryl methyl sites for hydroxylation is 1. The molecule has 2 aromatic rings. The minimum atomic E-state index is -2.46. The van der Waals surface area contributed by atoms with Crippen molar-refractivity contribution in [1.82, 2.24) is 20.0 Å². The fourth-order valence-electron chi connectivity index (χ4n) is 5.21. The molecule has 0 spiro atoms. The van der Waals surface area contributed by atoms with Crippen LogP contribution in [0.4, 0.5) is 14.5 Å². The molecule has 2 amide bonds. The first-order chi connectivity index (χ1) is 16.8. The van der Waals surface area contributed by atoms with Crippen LogP contribution in [-0.2, 0) is 16.6 Å². The zero-order chi connectivity index (χ0) is 24.8. The topological polar surface area (TPSA) is 79.3 Å². The highest BCUT2D eigenvalue weighted by molar-refractivity contribution is 6.03. The highest BCUT2D eigenvalue weighted by atomic mass is 19.3. The largest absolute Gasteiger partial charge is 0.383 e. The predicted molar refractivity (Wildman–Crippen MR) is 133 cm³/mol. The number of likely N-dealkylation sites (tertiary alicyclic amines) is 1. The second-order valence-corrected chi connectivity index (χ2v) is 9.96. The van der Waals surface area contributed by atoms with E-state index < -0.39 is 11.8 Å². The number of fused-ring (bicyclic) bond motifs is 1. The van der Waals surface area contributed by atoms with Crippen LogP contribution in [0.25, 0.3) is 10.9 Å². The van der Waals surface area contributed by atoms with E-state index in [9.17, 15) is 18.4 Å². The maximum absolute atomic E-state index is 13.2. The van der Waals surface area contributed by atoms with Gasteiger partial charge in [0, 0.05) is 51.3 Å². The number of carbonyl (C=O) groups excluding carboxylic acids is 2. The average molecular weight is 490 g/mol. The molecule has 0 aliphatic carbocycles. The number of unbranched alkanes of at least 4 members (excludes halogenated alkanes) is 5. The lowest BCUT2D eigenvalue weighted by Gasteiger charge is -2.31.